The molecule has 0 unspecified atom stereocenters. The van der Waals surface area contributed by atoms with Crippen LogP contribution in [0.25, 0.3) is 0 Å². The van der Waals surface area contributed by atoms with Crippen molar-refractivity contribution >= 4 is 12.1 Å². The van der Waals surface area contributed by atoms with Gasteiger partial charge in [0, 0.05) is 26.1 Å². The molecule has 3 saturated carbocycles. The number of carbonyl (C=O) groups is 1. The van der Waals surface area contributed by atoms with Crippen molar-refractivity contribution in [3.63, 3.8) is 0 Å². The highest BCUT2D eigenvalue weighted by molar-refractivity contribution is 5.81. The average molecular weight is 541 g/mol. The van der Waals surface area contributed by atoms with Gasteiger partial charge in [-0.3, -0.25) is 4.99 Å². The van der Waals surface area contributed by atoms with E-state index in [1.807, 2.05) is 0 Å². The van der Waals surface area contributed by atoms with Crippen molar-refractivity contribution in [1.82, 2.24) is 16.0 Å². The zero-order valence-corrected chi connectivity index (χ0v) is 25.5. The quantitative estimate of drug-likeness (QED) is 0.225. The van der Waals surface area contributed by atoms with Crippen molar-refractivity contribution in [1.29, 1.82) is 0 Å². The van der Waals surface area contributed by atoms with Crippen molar-refractivity contribution in [2.24, 2.45) is 51.3 Å². The van der Waals surface area contributed by atoms with Gasteiger partial charge in [-0.1, -0.05) is 65.5 Å². The third kappa shape index (κ3) is 6.00. The zero-order valence-electron chi connectivity index (χ0n) is 25.5. The molecule has 0 aromatic rings. The molecule has 3 N–H and O–H groups in total. The van der Waals surface area contributed by atoms with E-state index in [2.05, 4.69) is 61.6 Å². The molecule has 220 valence electrons. The van der Waals surface area contributed by atoms with Gasteiger partial charge in [-0.05, 0) is 91.3 Å². The SMILES string of the molecule is CC(C)CCC[C@@H](C)[C@H]1CC[C@H]2[C@@H]3CC=C4C[C@@H](OC(=O)NCCNC5=NCCN5)CC[C@]4(C)[C@H]3CC[C@]12C. The Bertz CT molecular complexity index is 931. The van der Waals surface area contributed by atoms with Crippen LogP contribution >= 0.6 is 0 Å². The lowest BCUT2D eigenvalue weighted by molar-refractivity contribution is -0.0581. The first kappa shape index (κ1) is 28.8. The standard InChI is InChI=1S/C33H56N4O2/c1-22(2)7-6-8-23(3)27-11-12-28-26-10-9-24-21-25(13-15-32(24,4)29(26)14-16-33(27,28)5)39-31(38)37-20-19-36-30-34-17-18-35-30/h9,22-23,25-29H,6-8,10-21H2,1-5H3,(H,37,38)(H2,34,35,36)/t23-,25+,26+,27-,28+,29+,32+,33-/m1/s1. The molecule has 0 spiro atoms. The number of amides is 1. The van der Waals surface area contributed by atoms with E-state index < -0.39 is 0 Å². The molecule has 0 aromatic heterocycles. The van der Waals surface area contributed by atoms with Crippen LogP contribution < -0.4 is 16.0 Å². The van der Waals surface area contributed by atoms with E-state index in [4.69, 9.17) is 4.74 Å². The van der Waals surface area contributed by atoms with Crippen LogP contribution in [0.1, 0.15) is 105 Å². The molecule has 8 atom stereocenters. The number of guanidine groups is 1. The molecule has 5 rings (SSSR count). The van der Waals surface area contributed by atoms with Crippen molar-refractivity contribution in [2.75, 3.05) is 26.2 Å². The molecule has 5 aliphatic rings. The molecule has 39 heavy (non-hydrogen) atoms. The van der Waals surface area contributed by atoms with Crippen LogP contribution in [0.3, 0.4) is 0 Å². The van der Waals surface area contributed by atoms with Crippen LogP contribution in [-0.4, -0.2) is 44.3 Å². The van der Waals surface area contributed by atoms with E-state index in [-0.39, 0.29) is 12.2 Å². The Hall–Kier alpha value is -1.72. The first-order valence-electron chi connectivity index (χ1n) is 16.4. The minimum atomic E-state index is -0.283. The molecule has 6 nitrogen and oxygen atoms in total. The summed E-state index contributed by atoms with van der Waals surface area (Å²) in [6.07, 6.45) is 16.5. The second-order valence-electron chi connectivity index (χ2n) is 14.6. The number of allylic oxidation sites excluding steroid dienone is 1. The molecule has 0 bridgehead atoms. The number of aliphatic imine (C=N–C) groups is 1. The average Bonchev–Trinajstić information content (AvgIpc) is 3.54. The lowest BCUT2D eigenvalue weighted by atomic mass is 9.47. The molecule has 6 heteroatoms. The topological polar surface area (TPSA) is 74.8 Å². The normalized spacial score (nSPS) is 38.1. The lowest BCUT2D eigenvalue weighted by Gasteiger charge is -2.58. The fourth-order valence-electron chi connectivity index (χ4n) is 9.81. The Kier molecular flexibility index (Phi) is 8.88. The Morgan fingerprint density at radius 3 is 2.72 bits per heavy atom. The third-order valence-corrected chi connectivity index (χ3v) is 11.9. The highest BCUT2D eigenvalue weighted by atomic mass is 16.6. The van der Waals surface area contributed by atoms with E-state index >= 15 is 0 Å². The van der Waals surface area contributed by atoms with Crippen LogP contribution in [0.15, 0.2) is 16.6 Å². The summed E-state index contributed by atoms with van der Waals surface area (Å²) in [7, 11) is 0. The van der Waals surface area contributed by atoms with E-state index in [1.54, 1.807) is 5.57 Å². The largest absolute Gasteiger partial charge is 0.446 e. The van der Waals surface area contributed by atoms with Gasteiger partial charge < -0.3 is 20.7 Å². The first-order valence-corrected chi connectivity index (χ1v) is 16.4. The molecule has 3 fully saturated rings. The number of fused-ring (bicyclic) bond motifs is 5. The molecule has 0 radical (unpaired) electrons. The van der Waals surface area contributed by atoms with Gasteiger partial charge in [0.1, 0.15) is 6.10 Å². The summed E-state index contributed by atoms with van der Waals surface area (Å²) >= 11 is 0. The number of rotatable bonds is 9. The Morgan fingerprint density at radius 1 is 1.10 bits per heavy atom. The minimum Gasteiger partial charge on any atom is -0.446 e. The number of nitrogens with zero attached hydrogens (tertiary/aromatic N) is 1. The molecular weight excluding hydrogens is 484 g/mol. The predicted molar refractivity (Wildman–Crippen MR) is 160 cm³/mol. The van der Waals surface area contributed by atoms with Crippen LogP contribution in [0, 0.1) is 46.3 Å². The highest BCUT2D eigenvalue weighted by Crippen LogP contribution is 2.67. The number of hydrogen-bond acceptors (Lipinski definition) is 5. The number of nitrogens with one attached hydrogen (secondary N) is 3. The maximum absolute atomic E-state index is 12.5. The van der Waals surface area contributed by atoms with E-state index in [0.717, 1.165) is 73.8 Å². The maximum Gasteiger partial charge on any atom is 0.407 e. The number of alkyl carbamates (subject to hydrolysis) is 1. The van der Waals surface area contributed by atoms with Crippen molar-refractivity contribution in [2.45, 2.75) is 111 Å². The Morgan fingerprint density at radius 2 is 1.95 bits per heavy atom. The maximum atomic E-state index is 12.5. The number of hydrogen-bond donors (Lipinski definition) is 3. The Balaban J connectivity index is 1.14. The van der Waals surface area contributed by atoms with Crippen LogP contribution in [0.2, 0.25) is 0 Å². The summed E-state index contributed by atoms with van der Waals surface area (Å²) in [5, 5.41) is 9.30. The summed E-state index contributed by atoms with van der Waals surface area (Å²) in [6.45, 7) is 15.4. The van der Waals surface area contributed by atoms with Crippen molar-refractivity contribution < 1.29 is 9.53 Å². The van der Waals surface area contributed by atoms with Gasteiger partial charge in [0.25, 0.3) is 0 Å². The summed E-state index contributed by atoms with van der Waals surface area (Å²) in [6, 6.07) is 0. The summed E-state index contributed by atoms with van der Waals surface area (Å²) < 4.78 is 5.90. The van der Waals surface area contributed by atoms with Gasteiger partial charge in [0.05, 0.1) is 6.54 Å². The van der Waals surface area contributed by atoms with E-state index in [0.29, 0.717) is 23.9 Å². The lowest BCUT2D eigenvalue weighted by Crippen LogP contribution is -2.51. The van der Waals surface area contributed by atoms with Gasteiger partial charge in [-0.15, -0.1) is 0 Å². The molecule has 1 amide bonds. The fourth-order valence-corrected chi connectivity index (χ4v) is 9.81. The number of carbonyl (C=O) groups excluding carboxylic acids is 1. The predicted octanol–water partition coefficient (Wildman–Crippen LogP) is 6.67. The summed E-state index contributed by atoms with van der Waals surface area (Å²) in [5.74, 6) is 5.97. The molecular formula is C33H56N4O2. The highest BCUT2D eigenvalue weighted by Gasteiger charge is 2.59. The second-order valence-corrected chi connectivity index (χ2v) is 14.6. The number of ether oxygens (including phenoxy) is 1. The van der Waals surface area contributed by atoms with Crippen LogP contribution in [0.4, 0.5) is 4.79 Å². The van der Waals surface area contributed by atoms with Gasteiger partial charge in [0.2, 0.25) is 0 Å². The van der Waals surface area contributed by atoms with Gasteiger partial charge >= 0.3 is 6.09 Å². The first-order chi connectivity index (χ1) is 18.7. The van der Waals surface area contributed by atoms with E-state index in [1.165, 1.54) is 51.4 Å². The molecule has 4 aliphatic carbocycles. The third-order valence-electron chi connectivity index (χ3n) is 11.9. The van der Waals surface area contributed by atoms with Gasteiger partial charge in [-0.25, -0.2) is 4.79 Å². The van der Waals surface area contributed by atoms with Crippen LogP contribution in [0.5, 0.6) is 0 Å². The minimum absolute atomic E-state index is 0.00566. The van der Waals surface area contributed by atoms with Gasteiger partial charge in [-0.2, -0.15) is 0 Å². The molecule has 1 heterocycles. The van der Waals surface area contributed by atoms with Crippen LogP contribution in [-0.2, 0) is 4.74 Å². The second kappa shape index (κ2) is 12.0. The van der Waals surface area contributed by atoms with Crippen molar-refractivity contribution in [3.05, 3.63) is 11.6 Å². The van der Waals surface area contributed by atoms with Gasteiger partial charge in [0.15, 0.2) is 5.96 Å². The summed E-state index contributed by atoms with van der Waals surface area (Å²) in [4.78, 5) is 16.8. The van der Waals surface area contributed by atoms with E-state index in [9.17, 15) is 4.79 Å². The van der Waals surface area contributed by atoms with Crippen molar-refractivity contribution in [3.8, 4) is 0 Å². The molecule has 1 aliphatic heterocycles. The smallest absolute Gasteiger partial charge is 0.407 e. The molecule has 0 saturated heterocycles. The zero-order chi connectivity index (χ0) is 27.6. The summed E-state index contributed by atoms with van der Waals surface area (Å²) in [5.41, 5.74) is 2.41. The molecule has 0 aromatic carbocycles. The Labute approximate surface area is 238 Å². The monoisotopic (exact) mass is 540 g/mol. The fraction of sp³-hybridized carbons (Fsp3) is 0.879.